The second-order valence-corrected chi connectivity index (χ2v) is 6.77. The largest absolute Gasteiger partial charge is 0.490 e. The average molecular weight is 566 g/mol. The molecule has 0 aromatic heterocycles. The van der Waals surface area contributed by atoms with Gasteiger partial charge in [0, 0.05) is 25.7 Å². The van der Waals surface area contributed by atoms with Crippen molar-refractivity contribution in [2.75, 3.05) is 32.8 Å². The highest BCUT2D eigenvalue weighted by Gasteiger charge is 2.34. The monoisotopic (exact) mass is 566 g/mol. The minimum Gasteiger partial charge on any atom is -0.490 e. The van der Waals surface area contributed by atoms with E-state index in [2.05, 4.69) is 20.4 Å². The predicted molar refractivity (Wildman–Crippen MR) is 119 cm³/mol. The topological polar surface area (TPSA) is 58.1 Å². The molecule has 1 aromatic rings. The van der Waals surface area contributed by atoms with Crippen LogP contribution in [0.4, 0.5) is 22.0 Å². The molecule has 1 atom stereocenters. The molecule has 31 heavy (non-hydrogen) atoms. The second-order valence-electron chi connectivity index (χ2n) is 6.77. The lowest BCUT2D eigenvalue weighted by Gasteiger charge is -2.19. The van der Waals surface area contributed by atoms with E-state index in [1.807, 2.05) is 6.92 Å². The summed E-state index contributed by atoms with van der Waals surface area (Å²) < 4.78 is 72.5. The quantitative estimate of drug-likeness (QED) is 0.205. The van der Waals surface area contributed by atoms with Crippen molar-refractivity contribution in [3.8, 4) is 11.5 Å². The summed E-state index contributed by atoms with van der Waals surface area (Å²) in [6.45, 7) is 1.45. The summed E-state index contributed by atoms with van der Waals surface area (Å²) in [6.07, 6.45) is -3.64. The first-order chi connectivity index (χ1) is 14.2. The van der Waals surface area contributed by atoms with Gasteiger partial charge in [-0.3, -0.25) is 4.90 Å². The third-order valence-corrected chi connectivity index (χ3v) is 4.30. The molecule has 1 fully saturated rings. The number of ether oxygens (including phenoxy) is 2. The van der Waals surface area contributed by atoms with Gasteiger partial charge in [-0.1, -0.05) is 6.07 Å². The van der Waals surface area contributed by atoms with E-state index in [9.17, 15) is 22.0 Å². The van der Waals surface area contributed by atoms with Crippen LogP contribution in [0.15, 0.2) is 23.2 Å². The Morgan fingerprint density at radius 1 is 1.26 bits per heavy atom. The number of hydrogen-bond donors (Lipinski definition) is 2. The van der Waals surface area contributed by atoms with Crippen molar-refractivity contribution < 1.29 is 31.4 Å². The first-order valence-electron chi connectivity index (χ1n) is 9.74. The van der Waals surface area contributed by atoms with Crippen LogP contribution >= 0.6 is 24.0 Å². The van der Waals surface area contributed by atoms with Gasteiger partial charge >= 0.3 is 12.8 Å². The van der Waals surface area contributed by atoms with Crippen LogP contribution in [0.25, 0.3) is 0 Å². The summed E-state index contributed by atoms with van der Waals surface area (Å²) >= 11 is 0. The third kappa shape index (κ3) is 10.1. The zero-order valence-corrected chi connectivity index (χ0v) is 19.7. The van der Waals surface area contributed by atoms with Crippen molar-refractivity contribution in [2.45, 2.75) is 45.6 Å². The summed E-state index contributed by atoms with van der Waals surface area (Å²) in [4.78, 5) is 5.81. The number of likely N-dealkylation sites (tertiary alicyclic amines) is 1. The van der Waals surface area contributed by atoms with Crippen LogP contribution in [0, 0.1) is 0 Å². The molecule has 0 saturated carbocycles. The molecule has 1 aromatic carbocycles. The standard InChI is InChI=1S/C19H27F5N4O2.HI/c1-3-25-18(27-14-7-8-28(11-14)12-19(22,23)24)26-10-13-5-6-15(30-17(20)21)16(9-13)29-4-2;/h5-6,9,14,17H,3-4,7-8,10-12H2,1-2H3,(H2,25,26,27);1H. The highest BCUT2D eigenvalue weighted by atomic mass is 127. The normalized spacial score (nSPS) is 17.4. The van der Waals surface area contributed by atoms with Crippen LogP contribution in [0.2, 0.25) is 0 Å². The van der Waals surface area contributed by atoms with E-state index < -0.39 is 19.3 Å². The molecule has 178 valence electrons. The van der Waals surface area contributed by atoms with E-state index in [-0.39, 0.29) is 61.2 Å². The number of aliphatic imine (C=N–C) groups is 1. The maximum atomic E-state index is 12.6. The number of guanidine groups is 1. The summed E-state index contributed by atoms with van der Waals surface area (Å²) in [5.41, 5.74) is 0.711. The molecule has 2 rings (SSSR count). The zero-order valence-electron chi connectivity index (χ0n) is 17.3. The Balaban J connectivity index is 0.00000480. The van der Waals surface area contributed by atoms with E-state index in [0.717, 1.165) is 0 Å². The number of alkyl halides is 5. The molecule has 1 aliphatic heterocycles. The highest BCUT2D eigenvalue weighted by molar-refractivity contribution is 14.0. The van der Waals surface area contributed by atoms with Gasteiger partial charge in [0.1, 0.15) is 0 Å². The van der Waals surface area contributed by atoms with Crippen molar-refractivity contribution in [3.05, 3.63) is 23.8 Å². The van der Waals surface area contributed by atoms with E-state index in [1.54, 1.807) is 19.1 Å². The van der Waals surface area contributed by atoms with Gasteiger partial charge in [-0.15, -0.1) is 24.0 Å². The highest BCUT2D eigenvalue weighted by Crippen LogP contribution is 2.30. The summed E-state index contributed by atoms with van der Waals surface area (Å²) in [6, 6.07) is 4.43. The molecule has 2 N–H and O–H groups in total. The first kappa shape index (κ1) is 27.5. The van der Waals surface area contributed by atoms with Crippen molar-refractivity contribution in [2.24, 2.45) is 4.99 Å². The summed E-state index contributed by atoms with van der Waals surface area (Å²) in [5, 5.41) is 6.22. The summed E-state index contributed by atoms with van der Waals surface area (Å²) in [7, 11) is 0. The van der Waals surface area contributed by atoms with Crippen LogP contribution in [-0.4, -0.2) is 62.5 Å². The Kier molecular flexibility index (Phi) is 11.6. The molecule has 1 unspecified atom stereocenters. The molecule has 6 nitrogen and oxygen atoms in total. The van der Waals surface area contributed by atoms with Crippen LogP contribution in [0.5, 0.6) is 11.5 Å². The third-order valence-electron chi connectivity index (χ3n) is 4.30. The van der Waals surface area contributed by atoms with Gasteiger partial charge in [0.25, 0.3) is 0 Å². The van der Waals surface area contributed by atoms with E-state index in [1.165, 1.54) is 11.0 Å². The Labute approximate surface area is 195 Å². The van der Waals surface area contributed by atoms with Crippen molar-refractivity contribution >= 4 is 29.9 Å². The van der Waals surface area contributed by atoms with Gasteiger partial charge in [-0.05, 0) is 38.0 Å². The molecular formula is C19H28F5IN4O2. The molecule has 0 spiro atoms. The Hall–Kier alpha value is -1.57. The van der Waals surface area contributed by atoms with Gasteiger partial charge in [-0.25, -0.2) is 4.99 Å². The van der Waals surface area contributed by atoms with Crippen molar-refractivity contribution in [1.29, 1.82) is 0 Å². The smallest absolute Gasteiger partial charge is 0.401 e. The molecule has 0 bridgehead atoms. The minimum absolute atomic E-state index is 0. The number of rotatable bonds is 9. The van der Waals surface area contributed by atoms with Crippen LogP contribution in [-0.2, 0) is 6.54 Å². The van der Waals surface area contributed by atoms with Gasteiger partial charge in [-0.2, -0.15) is 22.0 Å². The fourth-order valence-corrected chi connectivity index (χ4v) is 3.14. The van der Waals surface area contributed by atoms with Crippen LogP contribution in [0.1, 0.15) is 25.8 Å². The molecule has 1 heterocycles. The Morgan fingerprint density at radius 3 is 2.61 bits per heavy atom. The fraction of sp³-hybridized carbons (Fsp3) is 0.632. The lowest BCUT2D eigenvalue weighted by Crippen LogP contribution is -2.45. The number of benzene rings is 1. The number of halogens is 6. The maximum Gasteiger partial charge on any atom is 0.401 e. The van der Waals surface area contributed by atoms with E-state index in [0.29, 0.717) is 31.0 Å². The van der Waals surface area contributed by atoms with Crippen LogP contribution < -0.4 is 20.1 Å². The second kappa shape index (κ2) is 13.1. The van der Waals surface area contributed by atoms with E-state index >= 15 is 0 Å². The lowest BCUT2D eigenvalue weighted by atomic mass is 10.2. The molecule has 0 amide bonds. The number of nitrogens with zero attached hydrogens (tertiary/aromatic N) is 2. The molecular weight excluding hydrogens is 538 g/mol. The molecule has 0 radical (unpaired) electrons. The first-order valence-corrected chi connectivity index (χ1v) is 9.74. The van der Waals surface area contributed by atoms with Crippen molar-refractivity contribution in [1.82, 2.24) is 15.5 Å². The molecule has 12 heteroatoms. The minimum atomic E-state index is -4.22. The summed E-state index contributed by atoms with van der Waals surface area (Å²) in [5.74, 6) is 0.615. The average Bonchev–Trinajstić information content (AvgIpc) is 3.06. The Bertz CT molecular complexity index is 706. The molecule has 1 aliphatic rings. The Morgan fingerprint density at radius 2 is 2.00 bits per heavy atom. The van der Waals surface area contributed by atoms with Gasteiger partial charge in [0.2, 0.25) is 0 Å². The molecule has 1 saturated heterocycles. The van der Waals surface area contributed by atoms with Crippen LogP contribution in [0.3, 0.4) is 0 Å². The van der Waals surface area contributed by atoms with Crippen molar-refractivity contribution in [3.63, 3.8) is 0 Å². The lowest BCUT2D eigenvalue weighted by molar-refractivity contribution is -0.143. The number of hydrogen-bond acceptors (Lipinski definition) is 4. The SMILES string of the molecule is CCNC(=NCc1ccc(OC(F)F)c(OCC)c1)NC1CCN(CC(F)(F)F)C1.I. The maximum absolute atomic E-state index is 12.6. The van der Waals surface area contributed by atoms with E-state index in [4.69, 9.17) is 4.74 Å². The number of nitrogens with one attached hydrogen (secondary N) is 2. The fourth-order valence-electron chi connectivity index (χ4n) is 3.14. The van der Waals surface area contributed by atoms with Gasteiger partial charge in [0.15, 0.2) is 17.5 Å². The zero-order chi connectivity index (χ0) is 22.1. The van der Waals surface area contributed by atoms with Gasteiger partial charge < -0.3 is 20.1 Å². The predicted octanol–water partition coefficient (Wildman–Crippen LogP) is 4.00. The van der Waals surface area contributed by atoms with Gasteiger partial charge in [0.05, 0.1) is 19.7 Å². The molecule has 0 aliphatic carbocycles.